The van der Waals surface area contributed by atoms with Gasteiger partial charge in [-0.15, -0.1) is 0 Å². The van der Waals surface area contributed by atoms with Gasteiger partial charge in [-0.2, -0.15) is 0 Å². The largest absolute Gasteiger partial charge is 0.463 e. The van der Waals surface area contributed by atoms with E-state index in [1.807, 2.05) is 0 Å². The van der Waals surface area contributed by atoms with Crippen molar-refractivity contribution in [2.75, 3.05) is 13.2 Å². The Morgan fingerprint density at radius 3 is 1.62 bits per heavy atom. The summed E-state index contributed by atoms with van der Waals surface area (Å²) in [5.41, 5.74) is 0. The number of aliphatic hydroxyl groups excluding tert-OH is 2. The molecule has 2 aliphatic rings. The molecule has 230 valence electrons. The van der Waals surface area contributed by atoms with Gasteiger partial charge in [0, 0.05) is 71.9 Å². The molecule has 40 heavy (non-hydrogen) atoms. The molecule has 0 aromatic rings. The van der Waals surface area contributed by atoms with Crippen LogP contribution in [0, 0.1) is 5.92 Å². The van der Waals surface area contributed by atoms with E-state index in [2.05, 4.69) is 37.2 Å². The Balaban J connectivity index is 0.00000391. The lowest BCUT2D eigenvalue weighted by atomic mass is 9.91. The zero-order valence-corrected chi connectivity index (χ0v) is 27.0. The number of hydrogen-bond donors (Lipinski definition) is 2. The smallest absolute Gasteiger partial charge is 0.304 e. The van der Waals surface area contributed by atoms with Gasteiger partial charge in [-0.1, -0.05) is 6.92 Å². The van der Waals surface area contributed by atoms with Gasteiger partial charge in [0.2, 0.25) is 6.29 Å². The number of halogens is 2. The Labute approximate surface area is 254 Å². The van der Waals surface area contributed by atoms with Crippen LogP contribution in [-0.4, -0.2) is 109 Å². The predicted octanol–water partition coefficient (Wildman–Crippen LogP) is 0.503. The maximum Gasteiger partial charge on any atom is 0.304 e. The van der Waals surface area contributed by atoms with Gasteiger partial charge in [0.15, 0.2) is 18.5 Å². The van der Waals surface area contributed by atoms with Crippen molar-refractivity contribution in [1.82, 2.24) is 0 Å². The normalized spacial score (nSPS) is 33.4. The lowest BCUT2D eigenvalue weighted by Crippen LogP contribution is -2.65. The van der Waals surface area contributed by atoms with Crippen molar-refractivity contribution in [3.63, 3.8) is 0 Å². The molecule has 15 nitrogen and oxygen atoms in total. The third kappa shape index (κ3) is 10.8. The second-order valence-corrected chi connectivity index (χ2v) is 8.85. The van der Waals surface area contributed by atoms with Crippen LogP contribution in [0.3, 0.4) is 0 Å². The molecule has 0 aromatic heterocycles. The molecule has 0 spiro atoms. The summed E-state index contributed by atoms with van der Waals surface area (Å²) in [6.07, 6.45) is -12.5. The molecule has 2 saturated heterocycles. The van der Waals surface area contributed by atoms with Crippen molar-refractivity contribution < 1.29 is 72.1 Å². The van der Waals surface area contributed by atoms with Gasteiger partial charge in [0.1, 0.15) is 37.1 Å². The van der Waals surface area contributed by atoms with Crippen LogP contribution in [0.4, 0.5) is 0 Å². The first-order valence-electron chi connectivity index (χ1n) is 12.0. The van der Waals surface area contributed by atoms with E-state index in [9.17, 15) is 34.2 Å². The van der Waals surface area contributed by atoms with Crippen molar-refractivity contribution in [1.29, 1.82) is 0 Å². The summed E-state index contributed by atoms with van der Waals surface area (Å²) in [5, 5.41) is 20.3. The van der Waals surface area contributed by atoms with Gasteiger partial charge >= 0.3 is 29.8 Å². The van der Waals surface area contributed by atoms with Gasteiger partial charge in [-0.05, 0) is 0 Å². The van der Waals surface area contributed by atoms with Crippen molar-refractivity contribution in [2.45, 2.75) is 96.9 Å². The molecule has 0 aliphatic carbocycles. The first-order chi connectivity index (χ1) is 18.7. The van der Waals surface area contributed by atoms with E-state index in [0.717, 1.165) is 34.6 Å². The van der Waals surface area contributed by atoms with E-state index in [0.29, 0.717) is 0 Å². The lowest BCUT2D eigenvalue weighted by molar-refractivity contribution is -0.351. The zero-order chi connectivity index (χ0) is 30.7. The molecule has 2 heterocycles. The van der Waals surface area contributed by atoms with E-state index in [1.54, 1.807) is 6.92 Å². The molecule has 2 fully saturated rings. The molecule has 17 heteroatoms. The first-order valence-corrected chi connectivity index (χ1v) is 18.3. The van der Waals surface area contributed by atoms with Crippen molar-refractivity contribution >= 4 is 67.1 Å². The van der Waals surface area contributed by atoms with Crippen LogP contribution in [0.15, 0.2) is 0 Å². The quantitative estimate of drug-likeness (QED) is 0.186. The van der Waals surface area contributed by atoms with Crippen LogP contribution in [0.1, 0.15) is 41.5 Å². The number of esters is 5. The van der Waals surface area contributed by atoms with Gasteiger partial charge in [0.25, 0.3) is 0 Å². The fourth-order valence-electron chi connectivity index (χ4n) is 4.15. The number of aliphatic hydroxyl groups is 2. The van der Waals surface area contributed by atoms with Crippen LogP contribution < -0.4 is 0 Å². The molecular weight excluding hydrogens is 770 g/mol. The average Bonchev–Trinajstić information content (AvgIpc) is 2.85. The highest BCUT2D eigenvalue weighted by atomic mass is 128. The Bertz CT molecular complexity index is 886. The number of hydrogen-bond acceptors (Lipinski definition) is 15. The van der Waals surface area contributed by atoms with Crippen LogP contribution in [0.2, 0.25) is 0 Å². The predicted molar refractivity (Wildman–Crippen MR) is 148 cm³/mol. The van der Waals surface area contributed by atoms with Gasteiger partial charge in [-0.25, -0.2) is 0 Å². The third-order valence-corrected chi connectivity index (χ3v) is 5.68. The molecule has 2 N–H and O–H groups in total. The van der Waals surface area contributed by atoms with Gasteiger partial charge in [-0.3, -0.25) is 24.0 Å². The fourth-order valence-corrected chi connectivity index (χ4v) is 4.15. The van der Waals surface area contributed by atoms with Crippen molar-refractivity contribution in [2.24, 2.45) is 5.92 Å². The lowest BCUT2D eigenvalue weighted by Gasteiger charge is -2.48. The van der Waals surface area contributed by atoms with Crippen LogP contribution in [0.5, 0.6) is 0 Å². The fraction of sp³-hybridized carbons (Fsp3) is 0.783. The minimum Gasteiger partial charge on any atom is -0.463 e. The summed E-state index contributed by atoms with van der Waals surface area (Å²) < 4.78 is 43.7. The number of carbonyl (C=O) groups is 5. The standard InChI is InChI=1S/C23H34O15.I2/c1-9-18(32-11(3)26)19(16(8-31-10(2)25)37-22(9)35-14(6)29)38-23-21(34-13(5)28)20(33-12(4)27)17(30)15(7-24)36-23;1-2/h9,15-24,30H,7-8H2,1-6H3;/t9?,15?,16?,17-,18-,19-,20+,21?,22+,23-;/m1./s1. The number of carbonyl (C=O) groups excluding carboxylic acids is 5. The average molecular weight is 804 g/mol. The summed E-state index contributed by atoms with van der Waals surface area (Å²) in [7, 11) is 0. The molecule has 2 rings (SSSR count). The molecule has 0 saturated carbocycles. The van der Waals surface area contributed by atoms with E-state index in [-0.39, 0.29) is 0 Å². The minimum atomic E-state index is -1.61. The highest BCUT2D eigenvalue weighted by Crippen LogP contribution is 2.35. The Kier molecular flexibility index (Phi) is 16.1. The van der Waals surface area contributed by atoms with Gasteiger partial charge in [0.05, 0.1) is 12.5 Å². The second kappa shape index (κ2) is 17.5. The van der Waals surface area contributed by atoms with Crippen molar-refractivity contribution in [3.8, 4) is 0 Å². The van der Waals surface area contributed by atoms with E-state index < -0.39 is 104 Å². The van der Waals surface area contributed by atoms with E-state index in [4.69, 9.17) is 37.9 Å². The summed E-state index contributed by atoms with van der Waals surface area (Å²) >= 11 is 4.24. The number of rotatable bonds is 9. The topological polar surface area (TPSA) is 200 Å². The maximum atomic E-state index is 12.0. The molecule has 10 atom stereocenters. The Morgan fingerprint density at radius 2 is 1.15 bits per heavy atom. The SMILES string of the molecule is CC(=O)OCC1O[C@H](OC(C)=O)C(C)[C@@H](OC(C)=O)[C@@H]1O[C@H]1OC(CO)[C@@H](O)[C@H](OC(C)=O)C1OC(C)=O.II. The molecule has 0 radical (unpaired) electrons. The van der Waals surface area contributed by atoms with E-state index >= 15 is 0 Å². The Hall–Kier alpha value is -1.39. The monoisotopic (exact) mass is 804 g/mol. The van der Waals surface area contributed by atoms with E-state index in [1.165, 1.54) is 0 Å². The van der Waals surface area contributed by atoms with Crippen LogP contribution >= 0.6 is 37.2 Å². The van der Waals surface area contributed by atoms with Gasteiger partial charge < -0.3 is 48.1 Å². The molecule has 0 aromatic carbocycles. The molecule has 2 aliphatic heterocycles. The Morgan fingerprint density at radius 1 is 0.675 bits per heavy atom. The highest BCUT2D eigenvalue weighted by molar-refractivity contribution is 15.0. The summed E-state index contributed by atoms with van der Waals surface area (Å²) in [5.74, 6) is -4.58. The minimum absolute atomic E-state index is 0.438. The first kappa shape index (κ1) is 36.6. The highest BCUT2D eigenvalue weighted by Gasteiger charge is 2.54. The molecule has 0 bridgehead atoms. The van der Waals surface area contributed by atoms with Crippen LogP contribution in [0.25, 0.3) is 0 Å². The van der Waals surface area contributed by atoms with Crippen LogP contribution in [-0.2, 0) is 61.9 Å². The molecule has 0 amide bonds. The van der Waals surface area contributed by atoms with Crippen molar-refractivity contribution in [3.05, 3.63) is 0 Å². The summed E-state index contributed by atoms with van der Waals surface area (Å²) in [6, 6.07) is 0. The number of ether oxygens (including phenoxy) is 8. The zero-order valence-electron chi connectivity index (χ0n) is 22.6. The second-order valence-electron chi connectivity index (χ2n) is 8.85. The molecule has 4 unspecified atom stereocenters. The third-order valence-electron chi connectivity index (χ3n) is 5.68. The maximum absolute atomic E-state index is 12.0. The summed E-state index contributed by atoms with van der Waals surface area (Å²) in [6.45, 7) is 5.93. The molecular formula is C23H34I2O15. The summed E-state index contributed by atoms with van der Waals surface area (Å²) in [4.78, 5) is 58.8.